The molecule has 0 bridgehead atoms. The lowest BCUT2D eigenvalue weighted by molar-refractivity contribution is -0.163. The number of hydrogen-bond acceptors (Lipinski definition) is 4. The molecule has 3 atom stereocenters. The predicted octanol–water partition coefficient (Wildman–Crippen LogP) is 1.31. The summed E-state index contributed by atoms with van der Waals surface area (Å²) in [6.45, 7) is 3.86. The van der Waals surface area contributed by atoms with Gasteiger partial charge in [0, 0.05) is 14.2 Å². The summed E-state index contributed by atoms with van der Waals surface area (Å²) >= 11 is 0. The first-order valence-corrected chi connectivity index (χ1v) is 4.58. The molecule has 0 saturated carbocycles. The van der Waals surface area contributed by atoms with Gasteiger partial charge in [0.25, 0.3) is 0 Å². The van der Waals surface area contributed by atoms with Crippen LogP contribution in [0.4, 0.5) is 0 Å². The SMILES string of the molecule is COC1=COC(C)C(OC)C1(C)OC. The monoisotopic (exact) mass is 202 g/mol. The van der Waals surface area contributed by atoms with E-state index in [1.807, 2.05) is 13.8 Å². The van der Waals surface area contributed by atoms with Crippen LogP contribution < -0.4 is 0 Å². The molecule has 1 rings (SSSR count). The van der Waals surface area contributed by atoms with Gasteiger partial charge >= 0.3 is 0 Å². The molecule has 82 valence electrons. The second kappa shape index (κ2) is 4.19. The van der Waals surface area contributed by atoms with Crippen molar-refractivity contribution in [1.82, 2.24) is 0 Å². The van der Waals surface area contributed by atoms with Gasteiger partial charge in [0.15, 0.2) is 11.4 Å². The van der Waals surface area contributed by atoms with Crippen LogP contribution >= 0.6 is 0 Å². The first-order valence-electron chi connectivity index (χ1n) is 4.58. The molecule has 0 fully saturated rings. The molecule has 0 N–H and O–H groups in total. The summed E-state index contributed by atoms with van der Waals surface area (Å²) in [4.78, 5) is 0. The highest BCUT2D eigenvalue weighted by molar-refractivity contribution is 5.15. The van der Waals surface area contributed by atoms with Crippen LogP contribution in [0.15, 0.2) is 12.0 Å². The average molecular weight is 202 g/mol. The molecule has 0 aromatic rings. The fourth-order valence-electron chi connectivity index (χ4n) is 1.83. The normalized spacial score (nSPS) is 37.4. The Morgan fingerprint density at radius 3 is 2.43 bits per heavy atom. The minimum atomic E-state index is -0.582. The number of rotatable bonds is 3. The molecule has 0 saturated heterocycles. The van der Waals surface area contributed by atoms with Crippen molar-refractivity contribution in [3.05, 3.63) is 12.0 Å². The smallest absolute Gasteiger partial charge is 0.164 e. The van der Waals surface area contributed by atoms with Crippen molar-refractivity contribution < 1.29 is 18.9 Å². The van der Waals surface area contributed by atoms with Gasteiger partial charge in [-0.05, 0) is 13.8 Å². The van der Waals surface area contributed by atoms with Crippen LogP contribution in [0.25, 0.3) is 0 Å². The summed E-state index contributed by atoms with van der Waals surface area (Å²) < 4.78 is 21.4. The molecule has 4 heteroatoms. The molecule has 0 amide bonds. The molecule has 1 heterocycles. The fourth-order valence-corrected chi connectivity index (χ4v) is 1.83. The first kappa shape index (κ1) is 11.3. The zero-order valence-corrected chi connectivity index (χ0v) is 9.37. The molecule has 0 radical (unpaired) electrons. The molecule has 0 spiro atoms. The summed E-state index contributed by atoms with van der Waals surface area (Å²) in [5.74, 6) is 0.643. The molecule has 0 aliphatic carbocycles. The van der Waals surface area contributed by atoms with Gasteiger partial charge in [0.05, 0.1) is 7.11 Å². The topological polar surface area (TPSA) is 36.9 Å². The van der Waals surface area contributed by atoms with Crippen molar-refractivity contribution in [2.24, 2.45) is 0 Å². The van der Waals surface area contributed by atoms with Gasteiger partial charge in [-0.3, -0.25) is 0 Å². The summed E-state index contributed by atoms with van der Waals surface area (Å²) in [7, 11) is 4.87. The number of methoxy groups -OCH3 is 3. The van der Waals surface area contributed by atoms with Gasteiger partial charge in [-0.2, -0.15) is 0 Å². The Balaban J connectivity index is 3.01. The Hall–Kier alpha value is -0.740. The lowest BCUT2D eigenvalue weighted by Crippen LogP contribution is -2.53. The largest absolute Gasteiger partial charge is 0.495 e. The van der Waals surface area contributed by atoms with Gasteiger partial charge < -0.3 is 18.9 Å². The van der Waals surface area contributed by atoms with Gasteiger partial charge in [-0.15, -0.1) is 0 Å². The third-order valence-corrected chi connectivity index (χ3v) is 2.75. The van der Waals surface area contributed by atoms with E-state index in [0.717, 1.165) is 0 Å². The Labute approximate surface area is 84.8 Å². The van der Waals surface area contributed by atoms with Crippen molar-refractivity contribution >= 4 is 0 Å². The third-order valence-electron chi connectivity index (χ3n) is 2.75. The molecule has 14 heavy (non-hydrogen) atoms. The summed E-state index contributed by atoms with van der Waals surface area (Å²) in [5.41, 5.74) is -0.582. The van der Waals surface area contributed by atoms with Crippen molar-refractivity contribution in [2.45, 2.75) is 31.7 Å². The highest BCUT2D eigenvalue weighted by Gasteiger charge is 2.46. The highest BCUT2D eigenvalue weighted by Crippen LogP contribution is 2.33. The summed E-state index contributed by atoms with van der Waals surface area (Å²) in [6, 6.07) is 0. The van der Waals surface area contributed by atoms with Gasteiger partial charge in [-0.1, -0.05) is 0 Å². The van der Waals surface area contributed by atoms with E-state index >= 15 is 0 Å². The minimum Gasteiger partial charge on any atom is -0.495 e. The van der Waals surface area contributed by atoms with Crippen LogP contribution in [-0.4, -0.2) is 39.1 Å². The van der Waals surface area contributed by atoms with Gasteiger partial charge in [0.2, 0.25) is 0 Å². The Morgan fingerprint density at radius 2 is 2.00 bits per heavy atom. The molecule has 3 unspecified atom stereocenters. The van der Waals surface area contributed by atoms with Gasteiger partial charge in [0.1, 0.15) is 18.5 Å². The van der Waals surface area contributed by atoms with Crippen LogP contribution in [0.3, 0.4) is 0 Å². The van der Waals surface area contributed by atoms with Crippen LogP contribution in [-0.2, 0) is 18.9 Å². The van der Waals surface area contributed by atoms with Crippen LogP contribution in [0.2, 0.25) is 0 Å². The van der Waals surface area contributed by atoms with E-state index in [0.29, 0.717) is 5.76 Å². The Kier molecular flexibility index (Phi) is 3.39. The maximum Gasteiger partial charge on any atom is 0.164 e. The molecule has 0 aromatic heterocycles. The zero-order valence-electron chi connectivity index (χ0n) is 9.37. The standard InChI is InChI=1S/C10H18O4/c1-7-9(12-4)10(2,13-5)8(11-3)6-14-7/h6-7,9H,1-5H3. The number of hydrogen-bond donors (Lipinski definition) is 0. The lowest BCUT2D eigenvalue weighted by Gasteiger charge is -2.41. The number of ether oxygens (including phenoxy) is 4. The van der Waals surface area contributed by atoms with E-state index in [2.05, 4.69) is 0 Å². The molecule has 1 aliphatic heterocycles. The molecule has 1 aliphatic rings. The highest BCUT2D eigenvalue weighted by atomic mass is 16.6. The zero-order chi connectivity index (χ0) is 10.8. The molecule has 4 nitrogen and oxygen atoms in total. The molecule has 0 aromatic carbocycles. The van der Waals surface area contributed by atoms with Crippen molar-refractivity contribution in [1.29, 1.82) is 0 Å². The van der Waals surface area contributed by atoms with E-state index in [1.54, 1.807) is 27.6 Å². The van der Waals surface area contributed by atoms with Crippen LogP contribution in [0, 0.1) is 0 Å². The second-order valence-electron chi connectivity index (χ2n) is 3.49. The van der Waals surface area contributed by atoms with Gasteiger partial charge in [-0.25, -0.2) is 0 Å². The maximum atomic E-state index is 5.46. The van der Waals surface area contributed by atoms with E-state index in [-0.39, 0.29) is 12.2 Å². The van der Waals surface area contributed by atoms with E-state index in [4.69, 9.17) is 18.9 Å². The lowest BCUT2D eigenvalue weighted by atomic mass is 9.91. The maximum absolute atomic E-state index is 5.46. The Morgan fingerprint density at radius 1 is 1.36 bits per heavy atom. The predicted molar refractivity (Wildman–Crippen MR) is 51.9 cm³/mol. The molecular weight excluding hydrogens is 184 g/mol. The molecular formula is C10H18O4. The average Bonchev–Trinajstić information content (AvgIpc) is 2.18. The van der Waals surface area contributed by atoms with Crippen molar-refractivity contribution in [2.75, 3.05) is 21.3 Å². The third kappa shape index (κ3) is 1.60. The minimum absolute atomic E-state index is 0.0520. The van der Waals surface area contributed by atoms with E-state index in [9.17, 15) is 0 Å². The van der Waals surface area contributed by atoms with Crippen molar-refractivity contribution in [3.63, 3.8) is 0 Å². The van der Waals surface area contributed by atoms with Crippen molar-refractivity contribution in [3.8, 4) is 0 Å². The summed E-state index contributed by atoms with van der Waals surface area (Å²) in [6.07, 6.45) is 1.36. The van der Waals surface area contributed by atoms with E-state index in [1.165, 1.54) is 0 Å². The van der Waals surface area contributed by atoms with E-state index < -0.39 is 5.60 Å². The quantitative estimate of drug-likeness (QED) is 0.691. The van der Waals surface area contributed by atoms with Crippen LogP contribution in [0.5, 0.6) is 0 Å². The van der Waals surface area contributed by atoms with Crippen LogP contribution in [0.1, 0.15) is 13.8 Å². The first-order chi connectivity index (χ1) is 6.60. The fraction of sp³-hybridized carbons (Fsp3) is 0.800. The Bertz CT molecular complexity index is 226. The second-order valence-corrected chi connectivity index (χ2v) is 3.49. The summed E-state index contributed by atoms with van der Waals surface area (Å²) in [5, 5.41) is 0.